The normalized spacial score (nSPS) is 14.6. The molecule has 0 aliphatic rings. The maximum absolute atomic E-state index is 3.64. The minimum Gasteiger partial charge on any atom is -0.316 e. The standard InChI is InChI=1S/C17H28IN/c1-5-10-17(4,13-19-12-14(2)3)11-15-6-8-16(18)9-7-15/h6-9,14,19H,5,10-13H2,1-4H3. The van der Waals surface area contributed by atoms with Gasteiger partial charge in [-0.25, -0.2) is 0 Å². The van der Waals surface area contributed by atoms with Gasteiger partial charge >= 0.3 is 0 Å². The van der Waals surface area contributed by atoms with Gasteiger partial charge in [-0.15, -0.1) is 0 Å². The van der Waals surface area contributed by atoms with Crippen molar-refractivity contribution in [2.24, 2.45) is 11.3 Å². The number of hydrogen-bond acceptors (Lipinski definition) is 1. The maximum atomic E-state index is 3.64. The van der Waals surface area contributed by atoms with Crippen molar-refractivity contribution in [3.63, 3.8) is 0 Å². The van der Waals surface area contributed by atoms with Crippen LogP contribution >= 0.6 is 22.6 Å². The van der Waals surface area contributed by atoms with E-state index in [0.29, 0.717) is 5.41 Å². The van der Waals surface area contributed by atoms with E-state index in [9.17, 15) is 0 Å². The van der Waals surface area contributed by atoms with E-state index in [0.717, 1.165) is 19.0 Å². The van der Waals surface area contributed by atoms with Crippen molar-refractivity contribution in [1.82, 2.24) is 5.32 Å². The number of hydrogen-bond donors (Lipinski definition) is 1. The van der Waals surface area contributed by atoms with Crippen LogP contribution in [0.15, 0.2) is 24.3 Å². The molecule has 1 unspecified atom stereocenters. The van der Waals surface area contributed by atoms with Crippen molar-refractivity contribution >= 4 is 22.6 Å². The third-order valence-electron chi connectivity index (χ3n) is 3.50. The first-order valence-electron chi connectivity index (χ1n) is 7.40. The minimum atomic E-state index is 0.371. The first-order chi connectivity index (χ1) is 8.95. The fourth-order valence-corrected chi connectivity index (χ4v) is 2.96. The first kappa shape index (κ1) is 17.0. The topological polar surface area (TPSA) is 12.0 Å². The van der Waals surface area contributed by atoms with Crippen LogP contribution in [0.1, 0.15) is 46.1 Å². The summed E-state index contributed by atoms with van der Waals surface area (Å²) in [6.45, 7) is 11.5. The quantitative estimate of drug-likeness (QED) is 0.640. The predicted octanol–water partition coefficient (Wildman–Crippen LogP) is 4.89. The van der Waals surface area contributed by atoms with Crippen molar-refractivity contribution in [2.45, 2.75) is 47.0 Å². The number of rotatable bonds is 8. The lowest BCUT2D eigenvalue weighted by molar-refractivity contribution is 0.271. The Morgan fingerprint density at radius 3 is 2.37 bits per heavy atom. The summed E-state index contributed by atoms with van der Waals surface area (Å²) in [5, 5.41) is 3.64. The minimum absolute atomic E-state index is 0.371. The summed E-state index contributed by atoms with van der Waals surface area (Å²) in [4.78, 5) is 0. The van der Waals surface area contributed by atoms with E-state index in [-0.39, 0.29) is 0 Å². The summed E-state index contributed by atoms with van der Waals surface area (Å²) in [6, 6.07) is 8.98. The van der Waals surface area contributed by atoms with E-state index in [2.05, 4.69) is 79.9 Å². The molecular formula is C17H28IN. The van der Waals surface area contributed by atoms with E-state index in [1.165, 1.54) is 28.4 Å². The molecular weight excluding hydrogens is 345 g/mol. The fraction of sp³-hybridized carbons (Fsp3) is 0.647. The molecule has 0 saturated carbocycles. The van der Waals surface area contributed by atoms with E-state index >= 15 is 0 Å². The Hall–Kier alpha value is -0.0900. The molecule has 19 heavy (non-hydrogen) atoms. The summed E-state index contributed by atoms with van der Waals surface area (Å²) in [5.41, 5.74) is 1.83. The van der Waals surface area contributed by atoms with Crippen LogP contribution in [0.2, 0.25) is 0 Å². The Kier molecular flexibility index (Phi) is 7.37. The van der Waals surface area contributed by atoms with E-state index in [1.54, 1.807) is 0 Å². The third kappa shape index (κ3) is 6.75. The molecule has 0 heterocycles. The average molecular weight is 373 g/mol. The smallest absolute Gasteiger partial charge is 0.0130 e. The van der Waals surface area contributed by atoms with Gasteiger partial charge in [0.25, 0.3) is 0 Å². The highest BCUT2D eigenvalue weighted by Crippen LogP contribution is 2.28. The molecule has 108 valence electrons. The second-order valence-electron chi connectivity index (χ2n) is 6.39. The van der Waals surface area contributed by atoms with Crippen molar-refractivity contribution < 1.29 is 0 Å². The van der Waals surface area contributed by atoms with Gasteiger partial charge in [-0.05, 0) is 71.0 Å². The largest absolute Gasteiger partial charge is 0.316 e. The molecule has 0 aliphatic heterocycles. The van der Waals surface area contributed by atoms with Gasteiger partial charge in [0.15, 0.2) is 0 Å². The van der Waals surface area contributed by atoms with Crippen LogP contribution in [0.4, 0.5) is 0 Å². The third-order valence-corrected chi connectivity index (χ3v) is 4.22. The van der Waals surface area contributed by atoms with E-state index in [4.69, 9.17) is 0 Å². The molecule has 1 aromatic rings. The molecule has 0 aliphatic carbocycles. The van der Waals surface area contributed by atoms with Crippen LogP contribution in [-0.4, -0.2) is 13.1 Å². The lowest BCUT2D eigenvalue weighted by Crippen LogP contribution is -2.35. The van der Waals surface area contributed by atoms with Gasteiger partial charge in [0.2, 0.25) is 0 Å². The first-order valence-corrected chi connectivity index (χ1v) is 8.48. The molecule has 0 aromatic heterocycles. The highest BCUT2D eigenvalue weighted by atomic mass is 127. The zero-order valence-corrected chi connectivity index (χ0v) is 15.0. The Balaban J connectivity index is 2.61. The Bertz CT molecular complexity index is 358. The lowest BCUT2D eigenvalue weighted by atomic mass is 9.79. The number of nitrogens with one attached hydrogen (secondary N) is 1. The van der Waals surface area contributed by atoms with Crippen LogP contribution in [0.25, 0.3) is 0 Å². The van der Waals surface area contributed by atoms with Crippen LogP contribution in [0.3, 0.4) is 0 Å². The summed E-state index contributed by atoms with van der Waals surface area (Å²) < 4.78 is 1.32. The number of halogens is 1. The average Bonchev–Trinajstić information content (AvgIpc) is 2.32. The molecule has 1 rings (SSSR count). The van der Waals surface area contributed by atoms with Gasteiger partial charge in [-0.1, -0.05) is 46.2 Å². The summed E-state index contributed by atoms with van der Waals surface area (Å²) >= 11 is 2.37. The van der Waals surface area contributed by atoms with Gasteiger partial charge in [0.1, 0.15) is 0 Å². The van der Waals surface area contributed by atoms with Gasteiger partial charge in [-0.2, -0.15) is 0 Å². The monoisotopic (exact) mass is 373 g/mol. The summed E-state index contributed by atoms with van der Waals surface area (Å²) in [5.74, 6) is 0.726. The lowest BCUT2D eigenvalue weighted by Gasteiger charge is -2.30. The van der Waals surface area contributed by atoms with Crippen LogP contribution in [0.5, 0.6) is 0 Å². The highest BCUT2D eigenvalue weighted by Gasteiger charge is 2.23. The van der Waals surface area contributed by atoms with E-state index < -0.39 is 0 Å². The molecule has 1 aromatic carbocycles. The molecule has 0 spiro atoms. The maximum Gasteiger partial charge on any atom is 0.0130 e. The molecule has 0 radical (unpaired) electrons. The Morgan fingerprint density at radius 2 is 1.84 bits per heavy atom. The van der Waals surface area contributed by atoms with Crippen LogP contribution in [-0.2, 0) is 6.42 Å². The second-order valence-corrected chi connectivity index (χ2v) is 7.63. The second kappa shape index (κ2) is 8.25. The molecule has 1 atom stereocenters. The highest BCUT2D eigenvalue weighted by molar-refractivity contribution is 14.1. The summed E-state index contributed by atoms with van der Waals surface area (Å²) in [6.07, 6.45) is 3.71. The van der Waals surface area contributed by atoms with Crippen molar-refractivity contribution in [1.29, 1.82) is 0 Å². The molecule has 0 amide bonds. The Morgan fingerprint density at radius 1 is 1.21 bits per heavy atom. The molecule has 0 saturated heterocycles. The van der Waals surface area contributed by atoms with Gasteiger partial charge in [-0.3, -0.25) is 0 Å². The van der Waals surface area contributed by atoms with Gasteiger partial charge in [0.05, 0.1) is 0 Å². The van der Waals surface area contributed by atoms with E-state index in [1.807, 2.05) is 0 Å². The number of benzene rings is 1. The predicted molar refractivity (Wildman–Crippen MR) is 93.6 cm³/mol. The molecule has 0 fully saturated rings. The van der Waals surface area contributed by atoms with Crippen LogP contribution < -0.4 is 5.32 Å². The van der Waals surface area contributed by atoms with Crippen LogP contribution in [0, 0.1) is 14.9 Å². The zero-order chi connectivity index (χ0) is 14.3. The molecule has 0 bridgehead atoms. The fourth-order valence-electron chi connectivity index (χ4n) is 2.60. The molecule has 1 nitrogen and oxygen atoms in total. The van der Waals surface area contributed by atoms with Crippen molar-refractivity contribution in [3.05, 3.63) is 33.4 Å². The van der Waals surface area contributed by atoms with Gasteiger partial charge in [0, 0.05) is 10.1 Å². The molecule has 1 N–H and O–H groups in total. The van der Waals surface area contributed by atoms with Crippen molar-refractivity contribution in [2.75, 3.05) is 13.1 Å². The van der Waals surface area contributed by atoms with Crippen molar-refractivity contribution in [3.8, 4) is 0 Å². The summed E-state index contributed by atoms with van der Waals surface area (Å²) in [7, 11) is 0. The zero-order valence-electron chi connectivity index (χ0n) is 12.8. The Labute approximate surface area is 132 Å². The van der Waals surface area contributed by atoms with Gasteiger partial charge < -0.3 is 5.32 Å². The SMILES string of the molecule is CCCC(C)(CNCC(C)C)Cc1ccc(I)cc1. The molecule has 2 heteroatoms.